The third-order valence-electron chi connectivity index (χ3n) is 1.99. The van der Waals surface area contributed by atoms with Crippen LogP contribution >= 0.6 is 0 Å². The predicted molar refractivity (Wildman–Crippen MR) is 68.9 cm³/mol. The van der Waals surface area contributed by atoms with Crippen LogP contribution in [-0.4, -0.2) is 31.4 Å². The molecule has 0 spiro atoms. The lowest BCUT2D eigenvalue weighted by molar-refractivity contribution is -0.485. The summed E-state index contributed by atoms with van der Waals surface area (Å²) in [5.41, 5.74) is 8.08. The first-order valence-electron chi connectivity index (χ1n) is 5.06. The van der Waals surface area contributed by atoms with Gasteiger partial charge in [0.15, 0.2) is 16.5 Å². The minimum absolute atomic E-state index is 0.415. The highest BCUT2D eigenvalue weighted by Crippen LogP contribution is 2.26. The van der Waals surface area contributed by atoms with Gasteiger partial charge in [0.2, 0.25) is 0 Å². The zero-order chi connectivity index (χ0) is 14.3. The van der Waals surface area contributed by atoms with E-state index >= 15 is 0 Å². The number of methoxy groups -OCH3 is 2. The number of nitrogens with zero attached hydrogens (tertiary/aromatic N) is 3. The molecule has 1 rings (SSSR count). The Balaban J connectivity index is 2.75. The van der Waals surface area contributed by atoms with Crippen LogP contribution in [0.25, 0.3) is 0 Å². The van der Waals surface area contributed by atoms with Crippen molar-refractivity contribution < 1.29 is 14.5 Å². The summed E-state index contributed by atoms with van der Waals surface area (Å²) >= 11 is 0. The molecule has 1 aromatic carbocycles. The molecule has 1 aromatic rings. The Bertz CT molecular complexity index is 515. The van der Waals surface area contributed by atoms with Gasteiger partial charge in [0.25, 0.3) is 5.96 Å². The minimum atomic E-state index is -0.922. The van der Waals surface area contributed by atoms with E-state index in [2.05, 4.69) is 15.6 Å². The Labute approximate surface area is 108 Å². The highest BCUT2D eigenvalue weighted by atomic mass is 16.7. The quantitative estimate of drug-likeness (QED) is 0.338. The van der Waals surface area contributed by atoms with Gasteiger partial charge in [-0.3, -0.25) is 0 Å². The number of nitro groups is 1. The zero-order valence-corrected chi connectivity index (χ0v) is 10.4. The van der Waals surface area contributed by atoms with Crippen molar-refractivity contribution in [1.29, 1.82) is 0 Å². The van der Waals surface area contributed by atoms with E-state index in [0.29, 0.717) is 17.1 Å². The van der Waals surface area contributed by atoms with Gasteiger partial charge >= 0.3 is 0 Å². The Morgan fingerprint density at radius 3 is 2.68 bits per heavy atom. The molecule has 9 nitrogen and oxygen atoms in total. The van der Waals surface area contributed by atoms with Gasteiger partial charge < -0.3 is 15.2 Å². The SMILES string of the molecule is COc1ccc(/C=N/N/C(N)=N\[N+](=O)[O-])cc1OC. The number of rotatable bonds is 5. The molecule has 0 unspecified atom stereocenters. The van der Waals surface area contributed by atoms with E-state index in [4.69, 9.17) is 15.2 Å². The van der Waals surface area contributed by atoms with Gasteiger partial charge in [-0.2, -0.15) is 5.10 Å². The number of nitrogens with one attached hydrogen (secondary N) is 1. The summed E-state index contributed by atoms with van der Waals surface area (Å²) in [6, 6.07) is 5.12. The molecule has 0 aliphatic rings. The van der Waals surface area contributed by atoms with Crippen molar-refractivity contribution in [2.24, 2.45) is 15.9 Å². The molecule has 0 amide bonds. The Morgan fingerprint density at radius 1 is 1.42 bits per heavy atom. The highest BCUT2D eigenvalue weighted by Gasteiger charge is 2.03. The molecule has 0 atom stereocenters. The fourth-order valence-electron chi connectivity index (χ4n) is 1.22. The van der Waals surface area contributed by atoms with E-state index in [0.717, 1.165) is 0 Å². The summed E-state index contributed by atoms with van der Waals surface area (Å²) in [4.78, 5) is 10.0. The summed E-state index contributed by atoms with van der Waals surface area (Å²) in [5.74, 6) is 0.710. The fourth-order valence-corrected chi connectivity index (χ4v) is 1.22. The van der Waals surface area contributed by atoms with E-state index in [-0.39, 0.29) is 0 Å². The predicted octanol–water partition coefficient (Wildman–Crippen LogP) is 0.134. The van der Waals surface area contributed by atoms with Crippen molar-refractivity contribution in [3.8, 4) is 11.5 Å². The first-order valence-corrected chi connectivity index (χ1v) is 5.06. The van der Waals surface area contributed by atoms with E-state index in [1.807, 2.05) is 0 Å². The molecule has 102 valence electrons. The van der Waals surface area contributed by atoms with E-state index in [1.165, 1.54) is 20.4 Å². The highest BCUT2D eigenvalue weighted by molar-refractivity contribution is 5.83. The van der Waals surface area contributed by atoms with Crippen LogP contribution in [0.4, 0.5) is 0 Å². The molecular formula is C10H13N5O4. The molecule has 0 saturated heterocycles. The van der Waals surface area contributed by atoms with Crippen LogP contribution in [0.5, 0.6) is 11.5 Å². The summed E-state index contributed by atoms with van der Waals surface area (Å²) in [6.07, 6.45) is 1.41. The van der Waals surface area contributed by atoms with Crippen LogP contribution in [0.15, 0.2) is 28.4 Å². The monoisotopic (exact) mass is 267 g/mol. The average molecular weight is 267 g/mol. The van der Waals surface area contributed by atoms with Crippen LogP contribution in [0, 0.1) is 10.1 Å². The zero-order valence-electron chi connectivity index (χ0n) is 10.4. The second-order valence-corrected chi connectivity index (χ2v) is 3.21. The van der Waals surface area contributed by atoms with Crippen LogP contribution in [0.2, 0.25) is 0 Å². The van der Waals surface area contributed by atoms with Crippen LogP contribution in [-0.2, 0) is 0 Å². The maximum absolute atomic E-state index is 10.0. The van der Waals surface area contributed by atoms with Crippen LogP contribution in [0.1, 0.15) is 5.56 Å². The lowest BCUT2D eigenvalue weighted by Gasteiger charge is -2.07. The third kappa shape index (κ3) is 4.50. The van der Waals surface area contributed by atoms with Crippen molar-refractivity contribution in [2.45, 2.75) is 0 Å². The number of nitrogens with two attached hydrogens (primary N) is 1. The second kappa shape index (κ2) is 6.79. The molecule has 0 heterocycles. The number of hydrogen-bond donors (Lipinski definition) is 2. The Hall–Kier alpha value is -2.84. The molecule has 0 fully saturated rings. The van der Waals surface area contributed by atoms with Crippen LogP contribution < -0.4 is 20.6 Å². The first-order chi connectivity index (χ1) is 9.06. The van der Waals surface area contributed by atoms with Gasteiger partial charge in [-0.25, -0.2) is 15.5 Å². The number of hydrazone groups is 2. The van der Waals surface area contributed by atoms with Crippen molar-refractivity contribution in [1.82, 2.24) is 5.43 Å². The maximum Gasteiger partial charge on any atom is 0.286 e. The van der Waals surface area contributed by atoms with Crippen LogP contribution in [0.3, 0.4) is 0 Å². The normalized spacial score (nSPS) is 11.4. The molecular weight excluding hydrogens is 254 g/mol. The first kappa shape index (κ1) is 14.2. The summed E-state index contributed by atoms with van der Waals surface area (Å²) in [5, 5.41) is 15.6. The van der Waals surface area contributed by atoms with Gasteiger partial charge in [-0.05, 0) is 23.8 Å². The van der Waals surface area contributed by atoms with Crippen molar-refractivity contribution in [2.75, 3.05) is 14.2 Å². The molecule has 0 aliphatic carbocycles. The molecule has 0 saturated carbocycles. The van der Waals surface area contributed by atoms with E-state index in [1.54, 1.807) is 18.2 Å². The molecule has 0 bridgehead atoms. The molecule has 0 radical (unpaired) electrons. The second-order valence-electron chi connectivity index (χ2n) is 3.21. The average Bonchev–Trinajstić information content (AvgIpc) is 2.37. The van der Waals surface area contributed by atoms with Crippen molar-refractivity contribution >= 4 is 12.2 Å². The maximum atomic E-state index is 10.0. The fraction of sp³-hybridized carbons (Fsp3) is 0.200. The Kier molecular flexibility index (Phi) is 5.08. The molecule has 0 aliphatic heterocycles. The number of benzene rings is 1. The van der Waals surface area contributed by atoms with E-state index in [9.17, 15) is 10.1 Å². The number of hydrogen-bond acceptors (Lipinski definition) is 5. The van der Waals surface area contributed by atoms with Gasteiger partial charge in [-0.15, -0.1) is 0 Å². The number of guanidine groups is 1. The van der Waals surface area contributed by atoms with Crippen molar-refractivity contribution in [3.05, 3.63) is 33.9 Å². The van der Waals surface area contributed by atoms with Gasteiger partial charge in [0.05, 0.1) is 20.4 Å². The van der Waals surface area contributed by atoms with E-state index < -0.39 is 11.0 Å². The lowest BCUT2D eigenvalue weighted by Crippen LogP contribution is -2.28. The third-order valence-corrected chi connectivity index (χ3v) is 1.99. The standard InChI is InChI=1S/C10H13N5O4/c1-18-8-4-3-7(5-9(8)19-2)6-12-13-10(11)14-15(16)17/h3-6H,1-2H3,(H3,11,13,14)/b12-6+. The molecule has 9 heteroatoms. The molecule has 3 N–H and O–H groups in total. The van der Waals surface area contributed by atoms with Crippen molar-refractivity contribution in [3.63, 3.8) is 0 Å². The summed E-state index contributed by atoms with van der Waals surface area (Å²) in [7, 11) is 3.04. The summed E-state index contributed by atoms with van der Waals surface area (Å²) < 4.78 is 10.2. The van der Waals surface area contributed by atoms with Gasteiger partial charge in [0.1, 0.15) is 5.10 Å². The lowest BCUT2D eigenvalue weighted by atomic mass is 10.2. The summed E-state index contributed by atoms with van der Waals surface area (Å²) in [6.45, 7) is 0. The molecule has 0 aromatic heterocycles. The smallest absolute Gasteiger partial charge is 0.286 e. The largest absolute Gasteiger partial charge is 0.493 e. The topological polar surface area (TPSA) is 124 Å². The molecule has 19 heavy (non-hydrogen) atoms. The van der Waals surface area contributed by atoms with Gasteiger partial charge in [-0.1, -0.05) is 0 Å². The number of ether oxygens (including phenoxy) is 2. The minimum Gasteiger partial charge on any atom is -0.493 e. The van der Waals surface area contributed by atoms with Gasteiger partial charge in [0, 0.05) is 0 Å². The Morgan fingerprint density at radius 2 is 2.11 bits per heavy atom.